The maximum Gasteiger partial charge on any atom is 0.407 e. The molecule has 1 aromatic rings. The summed E-state index contributed by atoms with van der Waals surface area (Å²) in [6, 6.07) is 8.46. The second-order valence-corrected chi connectivity index (χ2v) is 7.51. The standard InChI is InChI=1S/C18H30N2O2/c1-17(2,3)15-10-8-7-9-14(15)13-19-11-12-20-16(21)22-18(4,5)6/h7-10,19H,11-13H2,1-6H3,(H,20,21). The van der Waals surface area contributed by atoms with Gasteiger partial charge in [-0.05, 0) is 37.3 Å². The van der Waals surface area contributed by atoms with Crippen molar-refractivity contribution in [3.63, 3.8) is 0 Å². The Hall–Kier alpha value is -1.55. The molecule has 0 bridgehead atoms. The lowest BCUT2D eigenvalue weighted by Gasteiger charge is -2.23. The fraction of sp³-hybridized carbons (Fsp3) is 0.611. The summed E-state index contributed by atoms with van der Waals surface area (Å²) in [5.74, 6) is 0. The van der Waals surface area contributed by atoms with Crippen LogP contribution in [0.25, 0.3) is 0 Å². The molecule has 0 aromatic heterocycles. The van der Waals surface area contributed by atoms with Crippen LogP contribution in [0.15, 0.2) is 24.3 Å². The van der Waals surface area contributed by atoms with Crippen molar-refractivity contribution in [1.29, 1.82) is 0 Å². The second kappa shape index (κ2) is 7.63. The van der Waals surface area contributed by atoms with Gasteiger partial charge in [0.25, 0.3) is 0 Å². The largest absolute Gasteiger partial charge is 0.444 e. The van der Waals surface area contributed by atoms with Gasteiger partial charge < -0.3 is 15.4 Å². The molecule has 0 saturated heterocycles. The third-order valence-corrected chi connectivity index (χ3v) is 3.11. The molecule has 0 unspecified atom stereocenters. The Balaban J connectivity index is 2.36. The number of alkyl carbamates (subject to hydrolysis) is 1. The van der Waals surface area contributed by atoms with Crippen molar-refractivity contribution in [2.24, 2.45) is 0 Å². The van der Waals surface area contributed by atoms with Gasteiger partial charge in [0.1, 0.15) is 5.60 Å². The number of benzene rings is 1. The number of carbonyl (C=O) groups is 1. The molecule has 124 valence electrons. The summed E-state index contributed by atoms with van der Waals surface area (Å²) < 4.78 is 5.19. The SMILES string of the molecule is CC(C)(C)OC(=O)NCCNCc1ccccc1C(C)(C)C. The normalized spacial score (nSPS) is 12.1. The van der Waals surface area contributed by atoms with Gasteiger partial charge in [-0.25, -0.2) is 4.79 Å². The van der Waals surface area contributed by atoms with Crippen LogP contribution in [0.4, 0.5) is 4.79 Å². The van der Waals surface area contributed by atoms with Crippen molar-refractivity contribution in [1.82, 2.24) is 10.6 Å². The zero-order valence-corrected chi connectivity index (χ0v) is 14.7. The maximum atomic E-state index is 11.5. The van der Waals surface area contributed by atoms with Crippen LogP contribution in [0.5, 0.6) is 0 Å². The molecule has 0 heterocycles. The van der Waals surface area contributed by atoms with Crippen LogP contribution < -0.4 is 10.6 Å². The van der Waals surface area contributed by atoms with Crippen LogP contribution in [-0.2, 0) is 16.7 Å². The number of nitrogens with one attached hydrogen (secondary N) is 2. The number of hydrogen-bond acceptors (Lipinski definition) is 3. The molecule has 1 rings (SSSR count). The van der Waals surface area contributed by atoms with Crippen LogP contribution in [0, 0.1) is 0 Å². The first-order valence-electron chi connectivity index (χ1n) is 7.85. The topological polar surface area (TPSA) is 50.4 Å². The minimum atomic E-state index is -0.455. The molecule has 0 radical (unpaired) electrons. The lowest BCUT2D eigenvalue weighted by atomic mass is 9.84. The van der Waals surface area contributed by atoms with Crippen molar-refractivity contribution in [2.75, 3.05) is 13.1 Å². The smallest absolute Gasteiger partial charge is 0.407 e. The fourth-order valence-corrected chi connectivity index (χ4v) is 2.20. The molecule has 22 heavy (non-hydrogen) atoms. The van der Waals surface area contributed by atoms with E-state index >= 15 is 0 Å². The van der Waals surface area contributed by atoms with Gasteiger partial charge in [-0.2, -0.15) is 0 Å². The fourth-order valence-electron chi connectivity index (χ4n) is 2.20. The van der Waals surface area contributed by atoms with Crippen molar-refractivity contribution < 1.29 is 9.53 Å². The molecule has 2 N–H and O–H groups in total. The van der Waals surface area contributed by atoms with Crippen LogP contribution in [-0.4, -0.2) is 24.8 Å². The van der Waals surface area contributed by atoms with Crippen molar-refractivity contribution in [2.45, 2.75) is 59.1 Å². The summed E-state index contributed by atoms with van der Waals surface area (Å²) in [6.45, 7) is 14.3. The number of carbonyl (C=O) groups excluding carboxylic acids is 1. The molecule has 0 aliphatic rings. The van der Waals surface area contributed by atoms with Gasteiger partial charge in [-0.3, -0.25) is 0 Å². The van der Waals surface area contributed by atoms with E-state index in [1.165, 1.54) is 11.1 Å². The Labute approximate surface area is 134 Å². The molecule has 0 atom stereocenters. The first-order valence-corrected chi connectivity index (χ1v) is 7.85. The number of hydrogen-bond donors (Lipinski definition) is 2. The van der Waals surface area contributed by atoms with E-state index in [2.05, 4.69) is 55.7 Å². The van der Waals surface area contributed by atoms with E-state index in [0.717, 1.165) is 6.54 Å². The lowest BCUT2D eigenvalue weighted by Crippen LogP contribution is -2.36. The average Bonchev–Trinajstić information content (AvgIpc) is 2.35. The summed E-state index contributed by atoms with van der Waals surface area (Å²) in [5, 5.41) is 6.11. The highest BCUT2D eigenvalue weighted by atomic mass is 16.6. The minimum Gasteiger partial charge on any atom is -0.444 e. The zero-order valence-electron chi connectivity index (χ0n) is 14.7. The highest BCUT2D eigenvalue weighted by molar-refractivity contribution is 5.67. The van der Waals surface area contributed by atoms with Gasteiger partial charge in [0, 0.05) is 19.6 Å². The molecule has 4 nitrogen and oxygen atoms in total. The molecule has 0 aliphatic carbocycles. The Morgan fingerprint density at radius 1 is 1.05 bits per heavy atom. The maximum absolute atomic E-state index is 11.5. The van der Waals surface area contributed by atoms with E-state index in [-0.39, 0.29) is 11.5 Å². The number of ether oxygens (including phenoxy) is 1. The van der Waals surface area contributed by atoms with E-state index < -0.39 is 5.60 Å². The summed E-state index contributed by atoms with van der Waals surface area (Å²) >= 11 is 0. The third kappa shape index (κ3) is 6.94. The Bertz CT molecular complexity index is 485. The number of amides is 1. The zero-order chi connectivity index (χ0) is 16.8. The van der Waals surface area contributed by atoms with Crippen LogP contribution in [0.1, 0.15) is 52.7 Å². The van der Waals surface area contributed by atoms with E-state index in [1.807, 2.05) is 20.8 Å². The monoisotopic (exact) mass is 306 g/mol. The molecule has 0 spiro atoms. The molecular formula is C18H30N2O2. The highest BCUT2D eigenvalue weighted by Crippen LogP contribution is 2.25. The predicted molar refractivity (Wildman–Crippen MR) is 91.1 cm³/mol. The Morgan fingerprint density at radius 2 is 1.68 bits per heavy atom. The molecule has 1 aromatic carbocycles. The molecular weight excluding hydrogens is 276 g/mol. The molecule has 1 amide bonds. The average molecular weight is 306 g/mol. The first-order chi connectivity index (χ1) is 10.1. The van der Waals surface area contributed by atoms with Crippen LogP contribution in [0.3, 0.4) is 0 Å². The summed E-state index contributed by atoms with van der Waals surface area (Å²) in [7, 11) is 0. The van der Waals surface area contributed by atoms with E-state index in [9.17, 15) is 4.79 Å². The van der Waals surface area contributed by atoms with E-state index in [4.69, 9.17) is 4.74 Å². The summed E-state index contributed by atoms with van der Waals surface area (Å²) in [5.41, 5.74) is 2.32. The van der Waals surface area contributed by atoms with Crippen molar-refractivity contribution >= 4 is 6.09 Å². The van der Waals surface area contributed by atoms with Crippen LogP contribution in [0.2, 0.25) is 0 Å². The van der Waals surface area contributed by atoms with Gasteiger partial charge in [-0.1, -0.05) is 45.0 Å². The molecule has 0 aliphatic heterocycles. The van der Waals surface area contributed by atoms with Crippen molar-refractivity contribution in [3.8, 4) is 0 Å². The minimum absolute atomic E-state index is 0.132. The van der Waals surface area contributed by atoms with Crippen molar-refractivity contribution in [3.05, 3.63) is 35.4 Å². The van der Waals surface area contributed by atoms with Gasteiger partial charge >= 0.3 is 6.09 Å². The van der Waals surface area contributed by atoms with Gasteiger partial charge in [0.2, 0.25) is 0 Å². The predicted octanol–water partition coefficient (Wildman–Crippen LogP) is 3.60. The summed E-state index contributed by atoms with van der Waals surface area (Å²) in [6.07, 6.45) is -0.371. The van der Waals surface area contributed by atoms with E-state index in [1.54, 1.807) is 0 Å². The Kier molecular flexibility index (Phi) is 6.42. The van der Waals surface area contributed by atoms with Gasteiger partial charge in [0.15, 0.2) is 0 Å². The highest BCUT2D eigenvalue weighted by Gasteiger charge is 2.17. The second-order valence-electron chi connectivity index (χ2n) is 7.51. The summed E-state index contributed by atoms with van der Waals surface area (Å²) in [4.78, 5) is 11.5. The van der Waals surface area contributed by atoms with Gasteiger partial charge in [0.05, 0.1) is 0 Å². The quantitative estimate of drug-likeness (QED) is 0.817. The molecule has 0 fully saturated rings. The van der Waals surface area contributed by atoms with Crippen LogP contribution >= 0.6 is 0 Å². The molecule has 0 saturated carbocycles. The first kappa shape index (κ1) is 18.5. The molecule has 4 heteroatoms. The Morgan fingerprint density at radius 3 is 2.27 bits per heavy atom. The van der Waals surface area contributed by atoms with Gasteiger partial charge in [-0.15, -0.1) is 0 Å². The van der Waals surface area contributed by atoms with E-state index in [0.29, 0.717) is 13.1 Å². The lowest BCUT2D eigenvalue weighted by molar-refractivity contribution is 0.0528. The number of rotatable bonds is 5. The third-order valence-electron chi connectivity index (χ3n) is 3.11.